The molecule has 1 amide bonds. The zero-order valence-corrected chi connectivity index (χ0v) is 21.0. The molecular formula is C26H28Cl2FN3O2. The Kier molecular flexibility index (Phi) is 7.31. The molecule has 1 aliphatic carbocycles. The lowest BCUT2D eigenvalue weighted by molar-refractivity contribution is 0.0769. The minimum atomic E-state index is -0.552. The van der Waals surface area contributed by atoms with Crippen molar-refractivity contribution >= 4 is 29.1 Å². The van der Waals surface area contributed by atoms with Gasteiger partial charge >= 0.3 is 0 Å². The van der Waals surface area contributed by atoms with E-state index in [0.29, 0.717) is 5.76 Å². The third-order valence-electron chi connectivity index (χ3n) is 6.91. The van der Waals surface area contributed by atoms with Gasteiger partial charge in [0.1, 0.15) is 22.8 Å². The summed E-state index contributed by atoms with van der Waals surface area (Å²) in [6.07, 6.45) is 4.38. The van der Waals surface area contributed by atoms with E-state index in [0.717, 1.165) is 37.1 Å². The zero-order chi connectivity index (χ0) is 24.5. The van der Waals surface area contributed by atoms with Crippen LogP contribution in [0.3, 0.4) is 0 Å². The van der Waals surface area contributed by atoms with E-state index in [9.17, 15) is 9.18 Å². The van der Waals surface area contributed by atoms with Crippen LogP contribution < -0.4 is 5.32 Å². The molecule has 180 valence electrons. The number of amides is 1. The average Bonchev–Trinajstić information content (AvgIpc) is 3.16. The molecule has 1 fully saturated rings. The standard InChI is InChI=1S/C26H28Cl2FN3O2/c1-16-22(24(31-34-16)23-20(28)8-5-9-21(23)29)25(33)30-19-10-12-26(13-11-19,32(2)3)15-17-6-4-7-18(27)14-17/h4-9,14,19H,10-13,15H2,1-3H3,(H,30,33). The van der Waals surface area contributed by atoms with Gasteiger partial charge in [-0.15, -0.1) is 0 Å². The van der Waals surface area contributed by atoms with Gasteiger partial charge in [0.2, 0.25) is 0 Å². The molecule has 0 saturated heterocycles. The molecule has 0 radical (unpaired) electrons. The molecule has 5 nitrogen and oxygen atoms in total. The van der Waals surface area contributed by atoms with E-state index in [1.807, 2.05) is 18.2 Å². The van der Waals surface area contributed by atoms with Gasteiger partial charge in [-0.05, 0) is 83.0 Å². The lowest BCUT2D eigenvalue weighted by Crippen LogP contribution is -2.52. The fourth-order valence-electron chi connectivity index (χ4n) is 4.90. The summed E-state index contributed by atoms with van der Waals surface area (Å²) >= 11 is 12.4. The number of likely N-dealkylation sites (N-methyl/N-ethyl adjacent to an activating group) is 1. The largest absolute Gasteiger partial charge is 0.360 e. The molecule has 1 heterocycles. The highest BCUT2D eigenvalue weighted by atomic mass is 35.5. The van der Waals surface area contributed by atoms with E-state index in [-0.39, 0.29) is 39.3 Å². The normalized spacial score (nSPS) is 20.5. The van der Waals surface area contributed by atoms with Crippen LogP contribution >= 0.6 is 23.2 Å². The minimum absolute atomic E-state index is 0.00169. The number of carbonyl (C=O) groups is 1. The number of aromatic nitrogens is 1. The van der Waals surface area contributed by atoms with Gasteiger partial charge in [-0.3, -0.25) is 4.79 Å². The van der Waals surface area contributed by atoms with E-state index in [1.165, 1.54) is 17.7 Å². The first kappa shape index (κ1) is 24.7. The van der Waals surface area contributed by atoms with Gasteiger partial charge in [0.15, 0.2) is 0 Å². The number of benzene rings is 2. The summed E-state index contributed by atoms with van der Waals surface area (Å²) in [5.41, 5.74) is 1.61. The number of aryl methyl sites for hydroxylation is 1. The summed E-state index contributed by atoms with van der Waals surface area (Å²) in [6.45, 7) is 1.64. The van der Waals surface area contributed by atoms with E-state index in [2.05, 4.69) is 35.5 Å². The Morgan fingerprint density at radius 1 is 1.21 bits per heavy atom. The van der Waals surface area contributed by atoms with Gasteiger partial charge in [-0.2, -0.15) is 0 Å². The molecule has 0 unspecified atom stereocenters. The highest BCUT2D eigenvalue weighted by Crippen LogP contribution is 2.37. The number of rotatable bonds is 6. The first-order chi connectivity index (χ1) is 16.2. The molecule has 34 heavy (non-hydrogen) atoms. The fraction of sp³-hybridized carbons (Fsp3) is 0.385. The van der Waals surface area contributed by atoms with Gasteiger partial charge in [0.25, 0.3) is 5.91 Å². The summed E-state index contributed by atoms with van der Waals surface area (Å²) < 4.78 is 19.8. The molecule has 0 spiro atoms. The summed E-state index contributed by atoms with van der Waals surface area (Å²) in [6, 6.07) is 12.3. The van der Waals surface area contributed by atoms with E-state index in [1.54, 1.807) is 13.0 Å². The van der Waals surface area contributed by atoms with Crippen LogP contribution in [-0.4, -0.2) is 41.6 Å². The van der Waals surface area contributed by atoms with Gasteiger partial charge in [0.05, 0.1) is 10.6 Å². The van der Waals surface area contributed by atoms with Crippen molar-refractivity contribution in [2.75, 3.05) is 14.1 Å². The number of nitrogens with one attached hydrogen (secondary N) is 1. The number of nitrogens with zero attached hydrogens (tertiary/aromatic N) is 2. The second-order valence-electron chi connectivity index (χ2n) is 9.23. The van der Waals surface area contributed by atoms with Crippen molar-refractivity contribution < 1.29 is 13.7 Å². The maximum Gasteiger partial charge on any atom is 0.257 e. The highest BCUT2D eigenvalue weighted by Gasteiger charge is 2.38. The van der Waals surface area contributed by atoms with Crippen LogP contribution in [0.5, 0.6) is 0 Å². The number of carbonyl (C=O) groups excluding carboxylic acids is 1. The van der Waals surface area contributed by atoms with Crippen LogP contribution in [0.2, 0.25) is 10.0 Å². The maximum absolute atomic E-state index is 14.5. The second-order valence-corrected chi connectivity index (χ2v) is 10.1. The molecule has 2 aromatic carbocycles. The van der Waals surface area contributed by atoms with Crippen molar-refractivity contribution in [2.24, 2.45) is 0 Å². The molecule has 3 aromatic rings. The predicted octanol–water partition coefficient (Wildman–Crippen LogP) is 6.31. The van der Waals surface area contributed by atoms with Crippen LogP contribution in [0.4, 0.5) is 4.39 Å². The van der Waals surface area contributed by atoms with Gasteiger partial charge in [-0.25, -0.2) is 4.39 Å². The summed E-state index contributed by atoms with van der Waals surface area (Å²) in [7, 11) is 4.21. The van der Waals surface area contributed by atoms with Crippen LogP contribution in [0.25, 0.3) is 11.3 Å². The molecule has 0 atom stereocenters. The van der Waals surface area contributed by atoms with Crippen molar-refractivity contribution in [2.45, 2.75) is 50.6 Å². The molecule has 0 aliphatic heterocycles. The monoisotopic (exact) mass is 503 g/mol. The average molecular weight is 504 g/mol. The Balaban J connectivity index is 1.49. The van der Waals surface area contributed by atoms with Crippen molar-refractivity contribution in [1.29, 1.82) is 0 Å². The molecule has 1 N–H and O–H groups in total. The summed E-state index contributed by atoms with van der Waals surface area (Å²) in [4.78, 5) is 15.5. The Bertz CT molecular complexity index is 1170. The van der Waals surface area contributed by atoms with E-state index in [4.69, 9.17) is 27.7 Å². The summed E-state index contributed by atoms with van der Waals surface area (Å²) in [5.74, 6) is -0.555. The number of hydrogen-bond donors (Lipinski definition) is 1. The summed E-state index contributed by atoms with van der Waals surface area (Å²) in [5, 5.41) is 7.98. The van der Waals surface area contributed by atoms with E-state index < -0.39 is 5.82 Å². The third-order valence-corrected chi connectivity index (χ3v) is 7.46. The highest BCUT2D eigenvalue weighted by molar-refractivity contribution is 6.33. The number of halogens is 3. The first-order valence-corrected chi connectivity index (χ1v) is 12.1. The Morgan fingerprint density at radius 2 is 1.91 bits per heavy atom. The fourth-order valence-corrected chi connectivity index (χ4v) is 5.37. The molecular weight excluding hydrogens is 476 g/mol. The SMILES string of the molecule is Cc1onc(-c2c(F)cccc2Cl)c1C(=O)NC1CCC(Cc2cccc(Cl)c2)(N(C)C)CC1. The van der Waals surface area contributed by atoms with Gasteiger partial charge in [0, 0.05) is 16.6 Å². The quantitative estimate of drug-likeness (QED) is 0.428. The first-order valence-electron chi connectivity index (χ1n) is 11.3. The lowest BCUT2D eigenvalue weighted by Gasteiger charge is -2.45. The molecule has 1 aliphatic rings. The van der Waals surface area contributed by atoms with Gasteiger partial charge in [-0.1, -0.05) is 46.6 Å². The molecule has 4 rings (SSSR count). The molecule has 1 aromatic heterocycles. The Hall–Kier alpha value is -2.41. The van der Waals surface area contributed by atoms with Crippen molar-refractivity contribution in [3.63, 3.8) is 0 Å². The number of hydrogen-bond acceptors (Lipinski definition) is 4. The second kappa shape index (κ2) is 10.1. The van der Waals surface area contributed by atoms with Crippen molar-refractivity contribution in [3.8, 4) is 11.3 Å². The van der Waals surface area contributed by atoms with Crippen molar-refractivity contribution in [1.82, 2.24) is 15.4 Å². The maximum atomic E-state index is 14.5. The smallest absolute Gasteiger partial charge is 0.257 e. The predicted molar refractivity (Wildman–Crippen MR) is 133 cm³/mol. The molecule has 1 saturated carbocycles. The van der Waals surface area contributed by atoms with Crippen LogP contribution in [0, 0.1) is 12.7 Å². The topological polar surface area (TPSA) is 58.4 Å². The third kappa shape index (κ3) is 4.99. The molecule has 8 heteroatoms. The van der Waals surface area contributed by atoms with Crippen LogP contribution in [-0.2, 0) is 6.42 Å². The lowest BCUT2D eigenvalue weighted by atomic mass is 9.74. The molecule has 0 bridgehead atoms. The Labute approximate surface area is 209 Å². The van der Waals surface area contributed by atoms with Crippen LogP contribution in [0.1, 0.15) is 47.4 Å². The minimum Gasteiger partial charge on any atom is -0.360 e. The Morgan fingerprint density at radius 3 is 2.56 bits per heavy atom. The van der Waals surface area contributed by atoms with Gasteiger partial charge < -0.3 is 14.7 Å². The van der Waals surface area contributed by atoms with Crippen molar-refractivity contribution in [3.05, 3.63) is 75.2 Å². The van der Waals surface area contributed by atoms with E-state index >= 15 is 0 Å². The zero-order valence-electron chi connectivity index (χ0n) is 19.5. The van der Waals surface area contributed by atoms with Crippen LogP contribution in [0.15, 0.2) is 47.0 Å².